The number of rotatable bonds is 4. The van der Waals surface area contributed by atoms with E-state index < -0.39 is 0 Å². The average Bonchev–Trinajstić information content (AvgIpc) is 2.15. The van der Waals surface area contributed by atoms with Crippen molar-refractivity contribution in [1.29, 1.82) is 0 Å². The molecule has 0 bridgehead atoms. The van der Waals surface area contributed by atoms with E-state index in [1.807, 2.05) is 0 Å². The second kappa shape index (κ2) is 5.58. The minimum absolute atomic E-state index is 0.259. The van der Waals surface area contributed by atoms with Crippen LogP contribution in [-0.2, 0) is 4.74 Å². The highest BCUT2D eigenvalue weighted by molar-refractivity contribution is 4.76. The van der Waals surface area contributed by atoms with Crippen molar-refractivity contribution in [1.82, 2.24) is 4.90 Å². The molecule has 1 fully saturated rings. The van der Waals surface area contributed by atoms with Crippen LogP contribution in [0.25, 0.3) is 0 Å². The second-order valence-electron chi connectivity index (χ2n) is 3.90. The van der Waals surface area contributed by atoms with Gasteiger partial charge in [0, 0.05) is 31.8 Å². The minimum atomic E-state index is 0.259. The summed E-state index contributed by atoms with van der Waals surface area (Å²) in [4.78, 5) is 2.38. The summed E-state index contributed by atoms with van der Waals surface area (Å²) in [5, 5.41) is 8.94. The van der Waals surface area contributed by atoms with Gasteiger partial charge in [-0.1, -0.05) is 0 Å². The lowest BCUT2D eigenvalue weighted by Gasteiger charge is -2.36. The van der Waals surface area contributed by atoms with E-state index in [0.29, 0.717) is 12.1 Å². The topological polar surface area (TPSA) is 32.7 Å². The summed E-state index contributed by atoms with van der Waals surface area (Å²) in [6, 6.07) is 1.14. The molecule has 1 rings (SSSR count). The zero-order chi connectivity index (χ0) is 9.68. The van der Waals surface area contributed by atoms with Crippen molar-refractivity contribution in [3.05, 3.63) is 0 Å². The quantitative estimate of drug-likeness (QED) is 0.709. The molecule has 0 radical (unpaired) electrons. The summed E-state index contributed by atoms with van der Waals surface area (Å²) in [6.07, 6.45) is 2.22. The zero-order valence-electron chi connectivity index (χ0n) is 8.70. The molecule has 1 heterocycles. The summed E-state index contributed by atoms with van der Waals surface area (Å²) >= 11 is 0. The first-order chi connectivity index (χ1) is 6.25. The molecular weight excluding hydrogens is 166 g/mol. The molecule has 13 heavy (non-hydrogen) atoms. The molecule has 3 heteroatoms. The number of ether oxygens (including phenoxy) is 1. The van der Waals surface area contributed by atoms with Crippen molar-refractivity contribution in [2.75, 3.05) is 26.4 Å². The van der Waals surface area contributed by atoms with Gasteiger partial charge in [0.15, 0.2) is 0 Å². The van der Waals surface area contributed by atoms with Gasteiger partial charge >= 0.3 is 0 Å². The van der Waals surface area contributed by atoms with E-state index in [0.717, 1.165) is 32.6 Å². The van der Waals surface area contributed by atoms with Gasteiger partial charge in [-0.3, -0.25) is 4.90 Å². The van der Waals surface area contributed by atoms with Crippen LogP contribution in [0.15, 0.2) is 0 Å². The maximum atomic E-state index is 8.94. The van der Waals surface area contributed by atoms with E-state index in [4.69, 9.17) is 9.84 Å². The van der Waals surface area contributed by atoms with Gasteiger partial charge in [0.1, 0.15) is 0 Å². The normalized spacial score (nSPS) is 20.1. The van der Waals surface area contributed by atoms with Gasteiger partial charge in [-0.05, 0) is 26.7 Å². The lowest BCUT2D eigenvalue weighted by atomic mass is 10.1. The van der Waals surface area contributed by atoms with Crippen LogP contribution < -0.4 is 0 Å². The van der Waals surface area contributed by atoms with Crippen LogP contribution in [0.1, 0.15) is 26.7 Å². The molecule has 1 aliphatic rings. The highest BCUT2D eigenvalue weighted by Gasteiger charge is 2.22. The smallest absolute Gasteiger partial charge is 0.0558 e. The van der Waals surface area contributed by atoms with Gasteiger partial charge in [-0.15, -0.1) is 0 Å². The molecule has 0 saturated carbocycles. The van der Waals surface area contributed by atoms with Crippen molar-refractivity contribution in [2.45, 2.75) is 38.8 Å². The fraction of sp³-hybridized carbons (Fsp3) is 1.00. The van der Waals surface area contributed by atoms with E-state index in [1.165, 1.54) is 0 Å². The van der Waals surface area contributed by atoms with E-state index >= 15 is 0 Å². The third-order valence-electron chi connectivity index (χ3n) is 2.68. The van der Waals surface area contributed by atoms with Crippen molar-refractivity contribution in [2.24, 2.45) is 0 Å². The van der Waals surface area contributed by atoms with Crippen LogP contribution in [0.5, 0.6) is 0 Å². The van der Waals surface area contributed by atoms with Crippen molar-refractivity contribution >= 4 is 0 Å². The van der Waals surface area contributed by atoms with Crippen molar-refractivity contribution in [3.8, 4) is 0 Å². The molecule has 0 aromatic heterocycles. The molecule has 0 amide bonds. The summed E-state index contributed by atoms with van der Waals surface area (Å²) in [5.74, 6) is 0. The van der Waals surface area contributed by atoms with Crippen LogP contribution in [0.2, 0.25) is 0 Å². The molecule has 0 spiro atoms. The summed E-state index contributed by atoms with van der Waals surface area (Å²) in [7, 11) is 0. The number of hydrogen-bond donors (Lipinski definition) is 1. The third kappa shape index (κ3) is 3.25. The second-order valence-corrected chi connectivity index (χ2v) is 3.90. The van der Waals surface area contributed by atoms with Crippen LogP contribution in [0.4, 0.5) is 0 Å². The lowest BCUT2D eigenvalue weighted by Crippen LogP contribution is -2.44. The van der Waals surface area contributed by atoms with Crippen LogP contribution in [0, 0.1) is 0 Å². The zero-order valence-corrected chi connectivity index (χ0v) is 8.70. The number of aliphatic hydroxyl groups is 1. The van der Waals surface area contributed by atoms with E-state index in [9.17, 15) is 0 Å². The predicted molar refractivity (Wildman–Crippen MR) is 52.8 cm³/mol. The Morgan fingerprint density at radius 3 is 2.46 bits per heavy atom. The van der Waals surface area contributed by atoms with E-state index in [1.54, 1.807) is 0 Å². The summed E-state index contributed by atoms with van der Waals surface area (Å²) in [5.41, 5.74) is 0. The number of aliphatic hydroxyl groups excluding tert-OH is 1. The summed E-state index contributed by atoms with van der Waals surface area (Å²) < 4.78 is 5.32. The van der Waals surface area contributed by atoms with Crippen molar-refractivity contribution in [3.63, 3.8) is 0 Å². The summed E-state index contributed by atoms with van der Waals surface area (Å²) in [6.45, 7) is 7.17. The molecular formula is C10H21NO2. The Labute approximate surface area is 80.7 Å². The van der Waals surface area contributed by atoms with Crippen molar-refractivity contribution < 1.29 is 9.84 Å². The number of nitrogens with zero attached hydrogens (tertiary/aromatic N) is 1. The molecule has 0 atom stereocenters. The molecule has 0 aromatic carbocycles. The molecule has 0 aliphatic carbocycles. The van der Waals surface area contributed by atoms with Gasteiger partial charge < -0.3 is 9.84 Å². The first kappa shape index (κ1) is 11.0. The SMILES string of the molecule is CC(C)N(CCO)C1CCOCC1. The fourth-order valence-electron chi connectivity index (χ4n) is 1.99. The molecule has 78 valence electrons. The standard InChI is InChI=1S/C10H21NO2/c1-9(2)11(5-6-12)10-3-7-13-8-4-10/h9-10,12H,3-8H2,1-2H3. The first-order valence-electron chi connectivity index (χ1n) is 5.20. The molecule has 0 aromatic rings. The Morgan fingerprint density at radius 1 is 1.38 bits per heavy atom. The lowest BCUT2D eigenvalue weighted by molar-refractivity contribution is 0.0159. The van der Waals surface area contributed by atoms with Gasteiger partial charge in [-0.2, -0.15) is 0 Å². The monoisotopic (exact) mass is 187 g/mol. The highest BCUT2D eigenvalue weighted by Crippen LogP contribution is 2.16. The maximum Gasteiger partial charge on any atom is 0.0558 e. The highest BCUT2D eigenvalue weighted by atomic mass is 16.5. The van der Waals surface area contributed by atoms with E-state index in [-0.39, 0.29) is 6.61 Å². The maximum absolute atomic E-state index is 8.94. The molecule has 1 saturated heterocycles. The van der Waals surface area contributed by atoms with Gasteiger partial charge in [0.2, 0.25) is 0 Å². The molecule has 3 nitrogen and oxygen atoms in total. The van der Waals surface area contributed by atoms with Gasteiger partial charge in [-0.25, -0.2) is 0 Å². The average molecular weight is 187 g/mol. The van der Waals surface area contributed by atoms with Crippen LogP contribution in [0.3, 0.4) is 0 Å². The van der Waals surface area contributed by atoms with Gasteiger partial charge in [0.25, 0.3) is 0 Å². The predicted octanol–water partition coefficient (Wildman–Crippen LogP) is 0.868. The van der Waals surface area contributed by atoms with E-state index in [2.05, 4.69) is 18.7 Å². The Hall–Kier alpha value is -0.120. The van der Waals surface area contributed by atoms with Crippen LogP contribution >= 0.6 is 0 Å². The fourth-order valence-corrected chi connectivity index (χ4v) is 1.99. The third-order valence-corrected chi connectivity index (χ3v) is 2.68. The number of hydrogen-bond acceptors (Lipinski definition) is 3. The molecule has 0 unspecified atom stereocenters. The Bertz CT molecular complexity index is 133. The first-order valence-corrected chi connectivity index (χ1v) is 5.20. The largest absolute Gasteiger partial charge is 0.395 e. The molecule has 1 aliphatic heterocycles. The Balaban J connectivity index is 2.41. The van der Waals surface area contributed by atoms with Gasteiger partial charge in [0.05, 0.1) is 6.61 Å². The molecule has 1 N–H and O–H groups in total. The Kier molecular flexibility index (Phi) is 4.70. The Morgan fingerprint density at radius 2 is 2.00 bits per heavy atom. The minimum Gasteiger partial charge on any atom is -0.395 e. The van der Waals surface area contributed by atoms with Crippen LogP contribution in [-0.4, -0.2) is 48.5 Å².